The minimum Gasteiger partial charge on any atom is -0.305 e. The van der Waals surface area contributed by atoms with Crippen LogP contribution in [0.25, 0.3) is 22.3 Å². The van der Waals surface area contributed by atoms with Crippen LogP contribution in [0.15, 0.2) is 59.0 Å². The number of hydrogen-bond acceptors (Lipinski definition) is 6. The number of halogens is 3. The predicted octanol–water partition coefficient (Wildman–Crippen LogP) is 3.99. The standard InChI is InChI=1S/C17H11F3N6S/c1-26-13(10-6-8-21-9-7-10)24-25-16(26)27-14-11-4-2-3-5-12(11)22-15(23-14)17(18,19)20/h2-9H,1H3. The molecule has 0 N–H and O–H groups in total. The highest BCUT2D eigenvalue weighted by Gasteiger charge is 2.35. The zero-order chi connectivity index (χ0) is 19.0. The van der Waals surface area contributed by atoms with Crippen LogP contribution < -0.4 is 0 Å². The molecule has 0 saturated heterocycles. The zero-order valence-electron chi connectivity index (χ0n) is 13.8. The number of rotatable bonds is 3. The van der Waals surface area contributed by atoms with Gasteiger partial charge in [-0.2, -0.15) is 13.2 Å². The number of nitrogens with zero attached hydrogens (tertiary/aromatic N) is 6. The highest BCUT2D eigenvalue weighted by Crippen LogP contribution is 2.35. The maximum absolute atomic E-state index is 13.2. The fourth-order valence-electron chi connectivity index (χ4n) is 2.49. The van der Waals surface area contributed by atoms with Crippen molar-refractivity contribution in [1.29, 1.82) is 0 Å². The average Bonchev–Trinajstić information content (AvgIpc) is 3.02. The first-order chi connectivity index (χ1) is 12.9. The van der Waals surface area contributed by atoms with Gasteiger partial charge in [-0.1, -0.05) is 18.2 Å². The van der Waals surface area contributed by atoms with E-state index in [1.54, 1.807) is 54.3 Å². The van der Waals surface area contributed by atoms with E-state index in [9.17, 15) is 13.2 Å². The zero-order valence-corrected chi connectivity index (χ0v) is 14.7. The van der Waals surface area contributed by atoms with Crippen LogP contribution in [0.4, 0.5) is 13.2 Å². The molecule has 0 aliphatic heterocycles. The van der Waals surface area contributed by atoms with Gasteiger partial charge in [-0.15, -0.1) is 10.2 Å². The third kappa shape index (κ3) is 3.35. The van der Waals surface area contributed by atoms with Gasteiger partial charge in [0.2, 0.25) is 5.82 Å². The summed E-state index contributed by atoms with van der Waals surface area (Å²) in [6.45, 7) is 0. The van der Waals surface area contributed by atoms with Crippen molar-refractivity contribution in [3.8, 4) is 11.4 Å². The van der Waals surface area contributed by atoms with E-state index >= 15 is 0 Å². The molecule has 1 aromatic carbocycles. The highest BCUT2D eigenvalue weighted by molar-refractivity contribution is 7.99. The molecule has 4 rings (SSSR count). The lowest BCUT2D eigenvalue weighted by Crippen LogP contribution is -2.11. The molecule has 0 aliphatic carbocycles. The van der Waals surface area contributed by atoms with E-state index in [1.807, 2.05) is 0 Å². The first-order valence-corrected chi connectivity index (χ1v) is 8.57. The van der Waals surface area contributed by atoms with Gasteiger partial charge in [-0.3, -0.25) is 4.98 Å². The molecule has 136 valence electrons. The van der Waals surface area contributed by atoms with Crippen molar-refractivity contribution in [3.63, 3.8) is 0 Å². The maximum Gasteiger partial charge on any atom is 0.451 e. The lowest BCUT2D eigenvalue weighted by Gasteiger charge is -2.10. The summed E-state index contributed by atoms with van der Waals surface area (Å²) in [7, 11) is 1.74. The van der Waals surface area contributed by atoms with Gasteiger partial charge in [0.05, 0.1) is 5.52 Å². The quantitative estimate of drug-likeness (QED) is 0.494. The Labute approximate surface area is 155 Å². The monoisotopic (exact) mass is 388 g/mol. The molecule has 4 aromatic rings. The van der Waals surface area contributed by atoms with Crippen LogP contribution in [0.3, 0.4) is 0 Å². The van der Waals surface area contributed by atoms with Crippen LogP contribution in [-0.2, 0) is 13.2 Å². The molecule has 0 unspecified atom stereocenters. The van der Waals surface area contributed by atoms with E-state index in [-0.39, 0.29) is 10.5 Å². The topological polar surface area (TPSA) is 69.4 Å². The Balaban J connectivity index is 1.79. The second-order valence-corrected chi connectivity index (χ2v) is 6.53. The van der Waals surface area contributed by atoms with Crippen molar-refractivity contribution in [2.45, 2.75) is 16.4 Å². The fraction of sp³-hybridized carbons (Fsp3) is 0.118. The molecule has 0 aliphatic rings. The number of hydrogen-bond donors (Lipinski definition) is 0. The van der Waals surface area contributed by atoms with Gasteiger partial charge >= 0.3 is 6.18 Å². The van der Waals surface area contributed by atoms with Gasteiger partial charge in [-0.25, -0.2) is 9.97 Å². The lowest BCUT2D eigenvalue weighted by atomic mass is 10.2. The molecule has 10 heteroatoms. The van der Waals surface area contributed by atoms with Crippen LogP contribution in [-0.4, -0.2) is 29.7 Å². The fourth-order valence-corrected chi connectivity index (χ4v) is 3.39. The van der Waals surface area contributed by atoms with Crippen molar-refractivity contribution in [1.82, 2.24) is 29.7 Å². The summed E-state index contributed by atoms with van der Waals surface area (Å²) >= 11 is 1.01. The van der Waals surface area contributed by atoms with E-state index in [0.29, 0.717) is 16.4 Å². The molecule has 3 heterocycles. The summed E-state index contributed by atoms with van der Waals surface area (Å²) in [5.41, 5.74) is 1.02. The smallest absolute Gasteiger partial charge is 0.305 e. The van der Waals surface area contributed by atoms with Crippen LogP contribution in [0.2, 0.25) is 0 Å². The molecule has 0 spiro atoms. The Hall–Kier alpha value is -3.01. The Bertz CT molecular complexity index is 1110. The minimum absolute atomic E-state index is 0.171. The van der Waals surface area contributed by atoms with Crippen molar-refractivity contribution in [3.05, 3.63) is 54.6 Å². The Kier molecular flexibility index (Phi) is 4.27. The van der Waals surface area contributed by atoms with Gasteiger partial charge in [0.15, 0.2) is 11.0 Å². The van der Waals surface area contributed by atoms with Gasteiger partial charge < -0.3 is 4.57 Å². The van der Waals surface area contributed by atoms with Crippen molar-refractivity contribution in [2.75, 3.05) is 0 Å². The number of para-hydroxylation sites is 1. The third-order valence-corrected chi connectivity index (χ3v) is 4.83. The number of alkyl halides is 3. The van der Waals surface area contributed by atoms with Crippen LogP contribution in [0, 0.1) is 0 Å². The maximum atomic E-state index is 13.2. The van der Waals surface area contributed by atoms with E-state index in [4.69, 9.17) is 0 Å². The molecule has 6 nitrogen and oxygen atoms in total. The Morgan fingerprint density at radius 2 is 1.70 bits per heavy atom. The normalized spacial score (nSPS) is 11.9. The molecule has 0 bridgehead atoms. The molecule has 0 saturated carbocycles. The van der Waals surface area contributed by atoms with Gasteiger partial charge in [-0.05, 0) is 30.0 Å². The summed E-state index contributed by atoms with van der Waals surface area (Å²) in [4.78, 5) is 11.3. The van der Waals surface area contributed by atoms with E-state index in [1.165, 1.54) is 6.07 Å². The van der Waals surface area contributed by atoms with Crippen molar-refractivity contribution >= 4 is 22.7 Å². The molecule has 3 aromatic heterocycles. The van der Waals surface area contributed by atoms with Crippen LogP contribution >= 0.6 is 11.8 Å². The van der Waals surface area contributed by atoms with E-state index in [0.717, 1.165) is 17.3 Å². The Morgan fingerprint density at radius 1 is 0.963 bits per heavy atom. The number of pyridine rings is 1. The Morgan fingerprint density at radius 3 is 2.44 bits per heavy atom. The van der Waals surface area contributed by atoms with Gasteiger partial charge in [0.1, 0.15) is 5.03 Å². The largest absolute Gasteiger partial charge is 0.451 e. The average molecular weight is 388 g/mol. The molecular formula is C17H11F3N6S. The van der Waals surface area contributed by atoms with Crippen LogP contribution in [0.5, 0.6) is 0 Å². The van der Waals surface area contributed by atoms with E-state index < -0.39 is 12.0 Å². The number of aromatic nitrogens is 6. The number of benzene rings is 1. The predicted molar refractivity (Wildman–Crippen MR) is 92.9 cm³/mol. The molecule has 0 fully saturated rings. The molecule has 0 atom stereocenters. The number of fused-ring (bicyclic) bond motifs is 1. The second-order valence-electron chi connectivity index (χ2n) is 5.57. The van der Waals surface area contributed by atoms with E-state index in [2.05, 4.69) is 25.1 Å². The third-order valence-electron chi connectivity index (χ3n) is 3.78. The van der Waals surface area contributed by atoms with Crippen molar-refractivity contribution < 1.29 is 13.2 Å². The first-order valence-electron chi connectivity index (χ1n) is 7.75. The van der Waals surface area contributed by atoms with Gasteiger partial charge in [0.25, 0.3) is 0 Å². The highest BCUT2D eigenvalue weighted by atomic mass is 32.2. The lowest BCUT2D eigenvalue weighted by molar-refractivity contribution is -0.145. The molecule has 27 heavy (non-hydrogen) atoms. The minimum atomic E-state index is -4.64. The van der Waals surface area contributed by atoms with Crippen LogP contribution in [0.1, 0.15) is 5.82 Å². The summed E-state index contributed by atoms with van der Waals surface area (Å²) in [5, 5.41) is 9.34. The SMILES string of the molecule is Cn1c(Sc2nc(C(F)(F)F)nc3ccccc23)nnc1-c1ccncc1. The van der Waals surface area contributed by atoms with Crippen molar-refractivity contribution in [2.24, 2.45) is 7.05 Å². The molecule has 0 radical (unpaired) electrons. The summed E-state index contributed by atoms with van der Waals surface area (Å²) in [5.74, 6) is -0.602. The second kappa shape index (κ2) is 6.62. The van der Waals surface area contributed by atoms with Gasteiger partial charge in [0, 0.05) is 30.4 Å². The molecule has 0 amide bonds. The first kappa shape index (κ1) is 17.4. The molecular weight excluding hydrogens is 377 g/mol. The summed E-state index contributed by atoms with van der Waals surface area (Å²) in [6, 6.07) is 10.1. The summed E-state index contributed by atoms with van der Waals surface area (Å²) in [6.07, 6.45) is -1.38. The summed E-state index contributed by atoms with van der Waals surface area (Å²) < 4.78 is 41.2.